The molecule has 0 aliphatic carbocycles. The van der Waals surface area contributed by atoms with Crippen LogP contribution in [-0.2, 0) is 20.7 Å². The minimum absolute atomic E-state index is 0.0353. The molecule has 6 nitrogen and oxygen atoms in total. The van der Waals surface area contributed by atoms with Gasteiger partial charge in [0.1, 0.15) is 5.75 Å². The summed E-state index contributed by atoms with van der Waals surface area (Å²) < 4.78 is 9.77. The highest BCUT2D eigenvalue weighted by Crippen LogP contribution is 2.23. The number of rotatable bonds is 9. The van der Waals surface area contributed by atoms with Gasteiger partial charge in [-0.15, -0.1) is 0 Å². The molecule has 1 amide bonds. The van der Waals surface area contributed by atoms with Gasteiger partial charge >= 0.3 is 0 Å². The zero-order chi connectivity index (χ0) is 15.8. The molecule has 0 bridgehead atoms. The van der Waals surface area contributed by atoms with E-state index in [1.54, 1.807) is 7.11 Å². The quantitative estimate of drug-likeness (QED) is 0.547. The fourth-order valence-corrected chi connectivity index (χ4v) is 2.28. The number of carbonyl (C=O) groups is 2. The van der Waals surface area contributed by atoms with Crippen molar-refractivity contribution < 1.29 is 19.1 Å². The molecule has 6 heteroatoms. The molecule has 0 radical (unpaired) electrons. The molecular weight excluding hydrogens is 284 g/mol. The molecule has 0 aliphatic heterocycles. The van der Waals surface area contributed by atoms with Gasteiger partial charge in [-0.3, -0.25) is 9.59 Å². The van der Waals surface area contributed by atoms with Crippen molar-refractivity contribution in [1.29, 1.82) is 0 Å². The molecule has 1 aromatic heterocycles. The normalized spacial score (nSPS) is 10.4. The lowest BCUT2D eigenvalue weighted by Gasteiger charge is -2.05. The van der Waals surface area contributed by atoms with E-state index in [9.17, 15) is 9.59 Å². The van der Waals surface area contributed by atoms with E-state index in [0.29, 0.717) is 25.9 Å². The molecule has 0 spiro atoms. The van der Waals surface area contributed by atoms with Crippen LogP contribution < -0.4 is 10.1 Å². The zero-order valence-electron chi connectivity index (χ0n) is 12.6. The molecule has 2 aromatic rings. The smallest absolute Gasteiger partial charge is 0.293 e. The van der Waals surface area contributed by atoms with Gasteiger partial charge in [-0.2, -0.15) is 0 Å². The number of methoxy groups -OCH3 is 1. The first-order valence-corrected chi connectivity index (χ1v) is 7.20. The van der Waals surface area contributed by atoms with E-state index in [0.717, 1.165) is 28.6 Å². The Morgan fingerprint density at radius 1 is 1.41 bits per heavy atom. The Morgan fingerprint density at radius 3 is 3.05 bits per heavy atom. The molecule has 0 saturated heterocycles. The first kappa shape index (κ1) is 15.9. The van der Waals surface area contributed by atoms with E-state index < -0.39 is 0 Å². The molecule has 0 saturated carbocycles. The van der Waals surface area contributed by atoms with Gasteiger partial charge in [-0.25, -0.2) is 0 Å². The molecule has 0 fully saturated rings. The van der Waals surface area contributed by atoms with Crippen molar-refractivity contribution in [3.8, 4) is 5.75 Å². The molecule has 2 N–H and O–H groups in total. The number of aromatic nitrogens is 1. The van der Waals surface area contributed by atoms with Crippen molar-refractivity contribution in [2.75, 3.05) is 20.3 Å². The topological polar surface area (TPSA) is 80.4 Å². The number of H-pyrrole nitrogens is 1. The highest BCUT2D eigenvalue weighted by molar-refractivity contribution is 5.84. The summed E-state index contributed by atoms with van der Waals surface area (Å²) >= 11 is 0. The van der Waals surface area contributed by atoms with E-state index in [4.69, 9.17) is 4.74 Å². The van der Waals surface area contributed by atoms with E-state index in [2.05, 4.69) is 15.0 Å². The lowest BCUT2D eigenvalue weighted by atomic mass is 10.1. The van der Waals surface area contributed by atoms with E-state index in [-0.39, 0.29) is 12.5 Å². The molecule has 2 rings (SSSR count). The predicted molar refractivity (Wildman–Crippen MR) is 82.8 cm³/mol. The SMILES string of the molecule is COc1ccc2[nH]cc(CCNC(=O)CCCOC=O)c2c1. The first-order chi connectivity index (χ1) is 10.7. The lowest BCUT2D eigenvalue weighted by Crippen LogP contribution is -2.25. The average Bonchev–Trinajstić information content (AvgIpc) is 2.94. The van der Waals surface area contributed by atoms with Gasteiger partial charge < -0.3 is 19.8 Å². The van der Waals surface area contributed by atoms with Crippen LogP contribution in [0.1, 0.15) is 18.4 Å². The highest BCUT2D eigenvalue weighted by Gasteiger charge is 2.06. The maximum atomic E-state index is 11.6. The van der Waals surface area contributed by atoms with Gasteiger partial charge in [-0.05, 0) is 36.6 Å². The van der Waals surface area contributed by atoms with Crippen LogP contribution in [-0.4, -0.2) is 37.6 Å². The second-order valence-corrected chi connectivity index (χ2v) is 4.90. The summed E-state index contributed by atoms with van der Waals surface area (Å²) in [5.74, 6) is 0.777. The van der Waals surface area contributed by atoms with E-state index in [1.165, 1.54) is 0 Å². The van der Waals surface area contributed by atoms with Crippen LogP contribution in [0.3, 0.4) is 0 Å². The third-order valence-electron chi connectivity index (χ3n) is 3.43. The van der Waals surface area contributed by atoms with Crippen molar-refractivity contribution in [2.24, 2.45) is 0 Å². The van der Waals surface area contributed by atoms with E-state index in [1.807, 2.05) is 24.4 Å². The van der Waals surface area contributed by atoms with Crippen LogP contribution in [0.25, 0.3) is 10.9 Å². The minimum Gasteiger partial charge on any atom is -0.497 e. The maximum Gasteiger partial charge on any atom is 0.293 e. The summed E-state index contributed by atoms with van der Waals surface area (Å²) in [7, 11) is 1.64. The average molecular weight is 304 g/mol. The summed E-state index contributed by atoms with van der Waals surface area (Å²) in [6.07, 6.45) is 3.59. The third kappa shape index (κ3) is 4.25. The number of hydrogen-bond donors (Lipinski definition) is 2. The summed E-state index contributed by atoms with van der Waals surface area (Å²) in [5, 5.41) is 3.97. The minimum atomic E-state index is -0.0353. The summed E-state index contributed by atoms with van der Waals surface area (Å²) in [5.41, 5.74) is 2.19. The van der Waals surface area contributed by atoms with Gasteiger partial charge in [0.15, 0.2) is 0 Å². The molecule has 22 heavy (non-hydrogen) atoms. The largest absolute Gasteiger partial charge is 0.497 e. The van der Waals surface area contributed by atoms with Gasteiger partial charge in [0.25, 0.3) is 6.47 Å². The van der Waals surface area contributed by atoms with Crippen molar-refractivity contribution in [2.45, 2.75) is 19.3 Å². The molecule has 1 heterocycles. The molecule has 0 unspecified atom stereocenters. The van der Waals surface area contributed by atoms with Crippen LogP contribution in [0.5, 0.6) is 5.75 Å². The number of amides is 1. The number of carbonyl (C=O) groups excluding carboxylic acids is 2. The molecule has 1 aromatic carbocycles. The van der Waals surface area contributed by atoms with E-state index >= 15 is 0 Å². The summed E-state index contributed by atoms with van der Waals surface area (Å²) in [6.45, 7) is 1.24. The number of nitrogens with one attached hydrogen (secondary N) is 2. The van der Waals surface area contributed by atoms with Crippen LogP contribution in [0.2, 0.25) is 0 Å². The highest BCUT2D eigenvalue weighted by atomic mass is 16.5. The predicted octanol–water partition coefficient (Wildman–Crippen LogP) is 1.79. The van der Waals surface area contributed by atoms with Crippen LogP contribution >= 0.6 is 0 Å². The number of hydrogen-bond acceptors (Lipinski definition) is 4. The van der Waals surface area contributed by atoms with Gasteiger partial charge in [-0.1, -0.05) is 0 Å². The molecule has 0 aliphatic rings. The number of fused-ring (bicyclic) bond motifs is 1. The monoisotopic (exact) mass is 304 g/mol. The van der Waals surface area contributed by atoms with Crippen molar-refractivity contribution in [3.05, 3.63) is 30.0 Å². The third-order valence-corrected chi connectivity index (χ3v) is 3.43. The van der Waals surface area contributed by atoms with Crippen molar-refractivity contribution in [1.82, 2.24) is 10.3 Å². The standard InChI is InChI=1S/C16H20N2O4/c1-21-13-4-5-15-14(9-13)12(10-18-15)6-7-17-16(20)3-2-8-22-11-19/h4-5,9-11,18H,2-3,6-8H2,1H3,(H,17,20). The van der Waals surface area contributed by atoms with Gasteiger partial charge in [0.05, 0.1) is 13.7 Å². The Hall–Kier alpha value is -2.50. The summed E-state index contributed by atoms with van der Waals surface area (Å²) in [6, 6.07) is 5.87. The fraction of sp³-hybridized carbons (Fsp3) is 0.375. The van der Waals surface area contributed by atoms with Gasteiger partial charge in [0.2, 0.25) is 5.91 Å². The molecule has 0 atom stereocenters. The fourth-order valence-electron chi connectivity index (χ4n) is 2.28. The van der Waals surface area contributed by atoms with Crippen LogP contribution in [0.4, 0.5) is 0 Å². The second kappa shape index (κ2) is 8.07. The Kier molecular flexibility index (Phi) is 5.82. The maximum absolute atomic E-state index is 11.6. The number of aromatic amines is 1. The van der Waals surface area contributed by atoms with Crippen molar-refractivity contribution in [3.63, 3.8) is 0 Å². The first-order valence-electron chi connectivity index (χ1n) is 7.20. The second-order valence-electron chi connectivity index (χ2n) is 4.90. The van der Waals surface area contributed by atoms with Crippen molar-refractivity contribution >= 4 is 23.3 Å². The van der Waals surface area contributed by atoms with Gasteiger partial charge in [0, 0.05) is 30.1 Å². The summed E-state index contributed by atoms with van der Waals surface area (Å²) in [4.78, 5) is 24.8. The van der Waals surface area contributed by atoms with Crippen LogP contribution in [0.15, 0.2) is 24.4 Å². The zero-order valence-corrected chi connectivity index (χ0v) is 12.6. The molecule has 118 valence electrons. The Balaban J connectivity index is 1.81. The Bertz CT molecular complexity index is 636. The lowest BCUT2D eigenvalue weighted by molar-refractivity contribution is -0.130. The Morgan fingerprint density at radius 2 is 2.27 bits per heavy atom. The molecular formula is C16H20N2O4. The Labute approximate surface area is 128 Å². The number of benzene rings is 1. The number of ether oxygens (including phenoxy) is 2. The van der Waals surface area contributed by atoms with Crippen LogP contribution in [0, 0.1) is 0 Å².